The molecule has 0 fully saturated rings. The van der Waals surface area contributed by atoms with Crippen molar-refractivity contribution < 1.29 is 15.0 Å². The number of carbonyl (C=O) groups excluding carboxylic acids is 1. The van der Waals surface area contributed by atoms with Crippen LogP contribution in [0.4, 0.5) is 0 Å². The second kappa shape index (κ2) is 5.32. The predicted molar refractivity (Wildman–Crippen MR) is 59.8 cm³/mol. The Labute approximate surface area is 92.1 Å². The van der Waals surface area contributed by atoms with Crippen LogP contribution in [0, 0.1) is 11.8 Å². The van der Waals surface area contributed by atoms with Crippen molar-refractivity contribution in [3.63, 3.8) is 0 Å². The van der Waals surface area contributed by atoms with Gasteiger partial charge in [-0.1, -0.05) is 23.6 Å². The minimum Gasteiger partial charge on any atom is -0.508 e. The maximum Gasteiger partial charge on any atom is 0.186 e. The summed E-state index contributed by atoms with van der Waals surface area (Å²) in [7, 11) is 0. The van der Waals surface area contributed by atoms with Crippen molar-refractivity contribution >= 4 is 16.9 Å². The SMILES string of the molecule is CC(=O)SCC#Cc1ccc(O)cc1O. The van der Waals surface area contributed by atoms with E-state index in [9.17, 15) is 9.90 Å². The van der Waals surface area contributed by atoms with Crippen LogP contribution in [0.2, 0.25) is 0 Å². The van der Waals surface area contributed by atoms with Crippen molar-refractivity contribution in [1.29, 1.82) is 0 Å². The van der Waals surface area contributed by atoms with Crippen molar-refractivity contribution in [1.82, 2.24) is 0 Å². The number of aromatic hydroxyl groups is 2. The molecule has 0 saturated carbocycles. The number of phenols is 2. The highest BCUT2D eigenvalue weighted by Gasteiger charge is 1.98. The highest BCUT2D eigenvalue weighted by atomic mass is 32.2. The highest BCUT2D eigenvalue weighted by Crippen LogP contribution is 2.21. The molecular formula is C11H10O3S. The molecule has 0 aliphatic rings. The molecule has 0 aromatic heterocycles. The molecule has 15 heavy (non-hydrogen) atoms. The first-order valence-corrected chi connectivity index (χ1v) is 5.22. The lowest BCUT2D eigenvalue weighted by atomic mass is 10.2. The first-order chi connectivity index (χ1) is 7.09. The van der Waals surface area contributed by atoms with Crippen LogP contribution in [0.15, 0.2) is 18.2 Å². The lowest BCUT2D eigenvalue weighted by Gasteiger charge is -1.96. The summed E-state index contributed by atoms with van der Waals surface area (Å²) >= 11 is 1.12. The van der Waals surface area contributed by atoms with Gasteiger partial charge >= 0.3 is 0 Å². The van der Waals surface area contributed by atoms with Gasteiger partial charge in [0, 0.05) is 13.0 Å². The molecule has 0 unspecified atom stereocenters. The van der Waals surface area contributed by atoms with E-state index in [1.54, 1.807) is 0 Å². The molecule has 0 aliphatic carbocycles. The van der Waals surface area contributed by atoms with Crippen molar-refractivity contribution in [2.75, 3.05) is 5.75 Å². The standard InChI is InChI=1S/C11H10O3S/c1-8(12)15-6-2-3-9-4-5-10(13)7-11(9)14/h4-5,7,13-14H,6H2,1H3. The van der Waals surface area contributed by atoms with Crippen molar-refractivity contribution in [2.24, 2.45) is 0 Å². The molecule has 0 spiro atoms. The number of hydrogen-bond donors (Lipinski definition) is 2. The molecule has 1 rings (SSSR count). The van der Waals surface area contributed by atoms with Gasteiger partial charge in [-0.3, -0.25) is 4.79 Å². The van der Waals surface area contributed by atoms with Gasteiger partial charge in [-0.2, -0.15) is 0 Å². The second-order valence-electron chi connectivity index (χ2n) is 2.78. The smallest absolute Gasteiger partial charge is 0.186 e. The van der Waals surface area contributed by atoms with Crippen LogP contribution in [0.3, 0.4) is 0 Å². The Morgan fingerprint density at radius 2 is 2.20 bits per heavy atom. The van der Waals surface area contributed by atoms with Gasteiger partial charge in [-0.25, -0.2) is 0 Å². The largest absolute Gasteiger partial charge is 0.508 e. The minimum absolute atomic E-state index is 0.00355. The van der Waals surface area contributed by atoms with Gasteiger partial charge in [0.15, 0.2) is 5.12 Å². The van der Waals surface area contributed by atoms with Crippen LogP contribution in [-0.2, 0) is 4.79 Å². The number of carbonyl (C=O) groups is 1. The summed E-state index contributed by atoms with van der Waals surface area (Å²) < 4.78 is 0. The number of rotatable bonds is 1. The molecule has 0 amide bonds. The lowest BCUT2D eigenvalue weighted by molar-refractivity contribution is -0.109. The van der Waals surface area contributed by atoms with E-state index in [-0.39, 0.29) is 16.6 Å². The monoisotopic (exact) mass is 222 g/mol. The molecule has 0 heterocycles. The van der Waals surface area contributed by atoms with Crippen LogP contribution < -0.4 is 0 Å². The Balaban J connectivity index is 2.67. The van der Waals surface area contributed by atoms with Crippen LogP contribution in [0.25, 0.3) is 0 Å². The molecule has 1 aromatic carbocycles. The maximum absolute atomic E-state index is 10.6. The third-order valence-corrected chi connectivity index (χ3v) is 2.25. The summed E-state index contributed by atoms with van der Waals surface area (Å²) in [5.74, 6) is 5.79. The predicted octanol–water partition coefficient (Wildman–Crippen LogP) is 1.73. The fraction of sp³-hybridized carbons (Fsp3) is 0.182. The van der Waals surface area contributed by atoms with E-state index in [1.165, 1.54) is 25.1 Å². The number of thioether (sulfide) groups is 1. The Hall–Kier alpha value is -1.60. The van der Waals surface area contributed by atoms with Crippen LogP contribution in [0.1, 0.15) is 12.5 Å². The summed E-state index contributed by atoms with van der Waals surface area (Å²) in [5.41, 5.74) is 0.442. The molecular weight excluding hydrogens is 212 g/mol. The van der Waals surface area contributed by atoms with E-state index in [2.05, 4.69) is 11.8 Å². The van der Waals surface area contributed by atoms with Gasteiger partial charge in [0.1, 0.15) is 11.5 Å². The van der Waals surface area contributed by atoms with Crippen molar-refractivity contribution in [2.45, 2.75) is 6.92 Å². The van der Waals surface area contributed by atoms with Crippen molar-refractivity contribution in [3.8, 4) is 23.3 Å². The summed E-state index contributed by atoms with van der Waals surface area (Å²) in [5, 5.41) is 18.4. The molecule has 2 N–H and O–H groups in total. The van der Waals surface area contributed by atoms with Crippen LogP contribution in [0.5, 0.6) is 11.5 Å². The Kier molecular flexibility index (Phi) is 4.07. The Morgan fingerprint density at radius 3 is 2.80 bits per heavy atom. The fourth-order valence-electron chi connectivity index (χ4n) is 0.895. The molecule has 0 saturated heterocycles. The molecule has 3 nitrogen and oxygen atoms in total. The topological polar surface area (TPSA) is 57.5 Å². The van der Waals surface area contributed by atoms with Crippen molar-refractivity contribution in [3.05, 3.63) is 23.8 Å². The Morgan fingerprint density at radius 1 is 1.47 bits per heavy atom. The summed E-state index contributed by atoms with van der Waals surface area (Å²) in [6, 6.07) is 4.19. The average Bonchev–Trinajstić information content (AvgIpc) is 2.14. The number of phenolic OH excluding ortho intramolecular Hbond substituents is 2. The zero-order chi connectivity index (χ0) is 11.3. The van der Waals surface area contributed by atoms with Gasteiger partial charge in [0.25, 0.3) is 0 Å². The van der Waals surface area contributed by atoms with E-state index in [1.807, 2.05) is 0 Å². The van der Waals surface area contributed by atoms with Gasteiger partial charge in [-0.05, 0) is 12.1 Å². The second-order valence-corrected chi connectivity index (χ2v) is 3.94. The third-order valence-electron chi connectivity index (χ3n) is 1.55. The molecule has 78 valence electrons. The van der Waals surface area contributed by atoms with Gasteiger partial charge in [0.2, 0.25) is 0 Å². The number of benzene rings is 1. The van der Waals surface area contributed by atoms with Gasteiger partial charge in [0.05, 0.1) is 11.3 Å². The van der Waals surface area contributed by atoms with E-state index in [0.29, 0.717) is 11.3 Å². The third kappa shape index (κ3) is 3.96. The highest BCUT2D eigenvalue weighted by molar-refractivity contribution is 8.13. The van der Waals surface area contributed by atoms with E-state index in [0.717, 1.165) is 11.8 Å². The zero-order valence-electron chi connectivity index (χ0n) is 8.15. The summed E-state index contributed by atoms with van der Waals surface area (Å²) in [4.78, 5) is 10.6. The first kappa shape index (κ1) is 11.5. The van der Waals surface area contributed by atoms with Gasteiger partial charge in [-0.15, -0.1) is 0 Å². The average molecular weight is 222 g/mol. The molecule has 0 aliphatic heterocycles. The van der Waals surface area contributed by atoms with Crippen LogP contribution in [-0.4, -0.2) is 21.1 Å². The van der Waals surface area contributed by atoms with Crippen LogP contribution >= 0.6 is 11.8 Å². The summed E-state index contributed by atoms with van der Waals surface area (Å²) in [6.45, 7) is 1.48. The molecule has 0 radical (unpaired) electrons. The van der Waals surface area contributed by atoms with E-state index in [4.69, 9.17) is 5.11 Å². The quantitative estimate of drug-likeness (QED) is 0.710. The first-order valence-electron chi connectivity index (χ1n) is 4.24. The fourth-order valence-corrected chi connectivity index (χ4v) is 1.24. The molecule has 0 bridgehead atoms. The zero-order valence-corrected chi connectivity index (χ0v) is 8.97. The molecule has 0 atom stereocenters. The lowest BCUT2D eigenvalue weighted by Crippen LogP contribution is -1.82. The molecule has 1 aromatic rings. The van der Waals surface area contributed by atoms with E-state index >= 15 is 0 Å². The van der Waals surface area contributed by atoms with E-state index < -0.39 is 0 Å². The number of hydrogen-bond acceptors (Lipinski definition) is 4. The van der Waals surface area contributed by atoms with Gasteiger partial charge < -0.3 is 10.2 Å². The maximum atomic E-state index is 10.6. The summed E-state index contributed by atoms with van der Waals surface area (Å²) in [6.07, 6.45) is 0. The normalized spacial score (nSPS) is 9.13. The minimum atomic E-state index is -0.0599. The molecule has 4 heteroatoms. The Bertz CT molecular complexity index is 429.